The molecule has 0 radical (unpaired) electrons. The van der Waals surface area contributed by atoms with Gasteiger partial charge in [0.1, 0.15) is 0 Å². The van der Waals surface area contributed by atoms with E-state index in [9.17, 15) is 0 Å². The molecule has 3 aliphatic rings. The van der Waals surface area contributed by atoms with Crippen molar-refractivity contribution < 1.29 is 0 Å². The van der Waals surface area contributed by atoms with Crippen LogP contribution in [0.2, 0.25) is 0 Å². The standard InChI is InChI=1S/C37H25Br.C7H12/c38-27-22-20-25(21-23-27)24-16-18-26(19-17-24)28-11-7-15-35-36(28)31-10-3-6-14-34(31)37(35)32-12-4-1-8-29(32)30-9-2-5-13-33(30)37;1-3-5-7-6-4-2/h1-23,31,34H;3,5,7H,1,4,6H2,2H3/b;7-5-. The summed E-state index contributed by atoms with van der Waals surface area (Å²) < 4.78 is 1.10. The molecule has 0 heterocycles. The quantitative estimate of drug-likeness (QED) is 0.167. The normalized spacial score (nSPS) is 17.7. The average Bonchev–Trinajstić information content (AvgIpc) is 3.57. The fraction of sp³-hybridized carbons (Fsp3) is 0.136. The van der Waals surface area contributed by atoms with Gasteiger partial charge in [0.25, 0.3) is 0 Å². The Morgan fingerprint density at radius 2 is 1.20 bits per heavy atom. The first-order chi connectivity index (χ1) is 22.2. The third kappa shape index (κ3) is 4.91. The van der Waals surface area contributed by atoms with Crippen molar-refractivity contribution >= 4 is 15.9 Å². The second-order valence-electron chi connectivity index (χ2n) is 12.0. The monoisotopic (exact) mass is 644 g/mol. The fourth-order valence-electron chi connectivity index (χ4n) is 7.76. The highest BCUT2D eigenvalue weighted by molar-refractivity contribution is 9.10. The van der Waals surface area contributed by atoms with Crippen LogP contribution in [0.3, 0.4) is 0 Å². The van der Waals surface area contributed by atoms with Gasteiger partial charge in [0.2, 0.25) is 0 Å². The van der Waals surface area contributed by atoms with Gasteiger partial charge < -0.3 is 0 Å². The van der Waals surface area contributed by atoms with Crippen molar-refractivity contribution in [1.29, 1.82) is 0 Å². The molecule has 0 amide bonds. The van der Waals surface area contributed by atoms with E-state index in [0.29, 0.717) is 11.8 Å². The molecule has 0 N–H and O–H groups in total. The molecule has 2 unspecified atom stereocenters. The highest BCUT2D eigenvalue weighted by Gasteiger charge is 2.57. The van der Waals surface area contributed by atoms with Gasteiger partial charge in [-0.3, -0.25) is 0 Å². The van der Waals surface area contributed by atoms with Crippen LogP contribution < -0.4 is 0 Å². The lowest BCUT2D eigenvalue weighted by Crippen LogP contribution is -2.32. The summed E-state index contributed by atoms with van der Waals surface area (Å²) in [5.74, 6) is 0.673. The number of allylic oxidation sites excluding steroid dienone is 7. The topological polar surface area (TPSA) is 0 Å². The van der Waals surface area contributed by atoms with E-state index in [1.165, 1.54) is 68.5 Å². The van der Waals surface area contributed by atoms with Crippen molar-refractivity contribution in [2.24, 2.45) is 5.92 Å². The first-order valence-corrected chi connectivity index (χ1v) is 16.8. The number of fused-ring (bicyclic) bond motifs is 10. The molecule has 0 nitrogen and oxygen atoms in total. The lowest BCUT2D eigenvalue weighted by Gasteiger charge is -2.36. The molecule has 0 saturated heterocycles. The molecule has 220 valence electrons. The zero-order chi connectivity index (χ0) is 30.8. The molecule has 45 heavy (non-hydrogen) atoms. The lowest BCUT2D eigenvalue weighted by molar-refractivity contribution is 0.465. The van der Waals surface area contributed by atoms with E-state index in [-0.39, 0.29) is 5.41 Å². The third-order valence-corrected chi connectivity index (χ3v) is 10.1. The first kappa shape index (κ1) is 29.3. The van der Waals surface area contributed by atoms with Crippen molar-refractivity contribution in [2.75, 3.05) is 0 Å². The summed E-state index contributed by atoms with van der Waals surface area (Å²) in [5.41, 5.74) is 13.5. The number of rotatable bonds is 5. The molecule has 0 bridgehead atoms. The van der Waals surface area contributed by atoms with Crippen LogP contribution in [0.1, 0.15) is 47.9 Å². The van der Waals surface area contributed by atoms with E-state index in [2.05, 4.69) is 175 Å². The van der Waals surface area contributed by atoms with E-state index in [1.807, 2.05) is 6.08 Å². The smallest absolute Gasteiger partial charge is 0.0538 e. The summed E-state index contributed by atoms with van der Waals surface area (Å²) in [6, 6.07) is 42.8. The van der Waals surface area contributed by atoms with Crippen molar-refractivity contribution in [1.82, 2.24) is 0 Å². The largest absolute Gasteiger partial charge is 0.0991 e. The zero-order valence-corrected chi connectivity index (χ0v) is 27.3. The first-order valence-electron chi connectivity index (χ1n) is 16.0. The number of benzene rings is 5. The number of halogens is 1. The van der Waals surface area contributed by atoms with Crippen molar-refractivity contribution in [3.05, 3.63) is 191 Å². The van der Waals surface area contributed by atoms with Crippen LogP contribution in [0.5, 0.6) is 0 Å². The predicted octanol–water partition coefficient (Wildman–Crippen LogP) is 12.5. The van der Waals surface area contributed by atoms with Gasteiger partial charge in [0.15, 0.2) is 0 Å². The summed E-state index contributed by atoms with van der Waals surface area (Å²) in [4.78, 5) is 0. The van der Waals surface area contributed by atoms with E-state index in [1.54, 1.807) is 6.08 Å². The maximum atomic E-state index is 3.55. The molecular formula is C44H37Br. The van der Waals surface area contributed by atoms with Crippen LogP contribution in [-0.2, 0) is 5.41 Å². The Labute approximate surface area is 276 Å². The molecule has 0 fully saturated rings. The minimum atomic E-state index is -0.179. The van der Waals surface area contributed by atoms with E-state index in [4.69, 9.17) is 0 Å². The van der Waals surface area contributed by atoms with Crippen LogP contribution in [0.25, 0.3) is 33.4 Å². The van der Waals surface area contributed by atoms with Crippen molar-refractivity contribution in [2.45, 2.75) is 31.1 Å². The van der Waals surface area contributed by atoms with Gasteiger partial charge in [0, 0.05) is 16.3 Å². The maximum absolute atomic E-state index is 3.55. The Kier molecular flexibility index (Phi) is 8.13. The van der Waals surface area contributed by atoms with Gasteiger partial charge in [-0.1, -0.05) is 182 Å². The minimum absolute atomic E-state index is 0.179. The lowest BCUT2D eigenvalue weighted by atomic mass is 9.65. The number of hydrogen-bond donors (Lipinski definition) is 0. The van der Waals surface area contributed by atoms with Gasteiger partial charge in [-0.25, -0.2) is 0 Å². The molecule has 1 spiro atoms. The average molecular weight is 646 g/mol. The Balaban J connectivity index is 0.000000420. The summed E-state index contributed by atoms with van der Waals surface area (Å²) in [5, 5.41) is 0. The molecular weight excluding hydrogens is 608 g/mol. The second-order valence-corrected chi connectivity index (χ2v) is 12.9. The van der Waals surface area contributed by atoms with Gasteiger partial charge in [-0.2, -0.15) is 0 Å². The molecule has 5 aromatic carbocycles. The van der Waals surface area contributed by atoms with E-state index in [0.717, 1.165) is 4.47 Å². The van der Waals surface area contributed by atoms with Crippen molar-refractivity contribution in [3.63, 3.8) is 0 Å². The van der Waals surface area contributed by atoms with Gasteiger partial charge >= 0.3 is 0 Å². The van der Waals surface area contributed by atoms with E-state index < -0.39 is 0 Å². The predicted molar refractivity (Wildman–Crippen MR) is 196 cm³/mol. The Morgan fingerprint density at radius 1 is 0.644 bits per heavy atom. The zero-order valence-electron chi connectivity index (χ0n) is 25.7. The molecule has 0 aliphatic heterocycles. The molecule has 2 atom stereocenters. The van der Waals surface area contributed by atoms with Crippen molar-refractivity contribution in [3.8, 4) is 33.4 Å². The van der Waals surface area contributed by atoms with Gasteiger partial charge in [0.05, 0.1) is 5.41 Å². The summed E-state index contributed by atoms with van der Waals surface area (Å²) >= 11 is 3.55. The fourth-order valence-corrected chi connectivity index (χ4v) is 8.02. The molecule has 5 aromatic rings. The van der Waals surface area contributed by atoms with Crippen LogP contribution in [0, 0.1) is 5.92 Å². The Hall–Kier alpha value is -4.46. The summed E-state index contributed by atoms with van der Waals surface area (Å²) in [6.07, 6.45) is 17.7. The Morgan fingerprint density at radius 3 is 1.84 bits per heavy atom. The SMILES string of the molecule is Brc1ccc(-c2ccc(-c3cccc4c3C3C=CC=CC3C43c4ccccc4-c4ccccc43)cc2)cc1.C=C/C=C\CCC. The molecule has 1 heteroatoms. The second kappa shape index (κ2) is 12.5. The molecule has 3 aliphatic carbocycles. The van der Waals surface area contributed by atoms with Crippen LogP contribution in [-0.4, -0.2) is 0 Å². The highest BCUT2D eigenvalue weighted by atomic mass is 79.9. The molecule has 8 rings (SSSR count). The molecule has 0 aromatic heterocycles. The maximum Gasteiger partial charge on any atom is 0.0538 e. The van der Waals surface area contributed by atoms with Crippen LogP contribution >= 0.6 is 15.9 Å². The summed E-state index contributed by atoms with van der Waals surface area (Å²) in [6.45, 7) is 5.71. The van der Waals surface area contributed by atoms with E-state index >= 15 is 0 Å². The number of unbranched alkanes of at least 4 members (excludes halogenated alkanes) is 1. The van der Waals surface area contributed by atoms with Crippen LogP contribution in [0.4, 0.5) is 0 Å². The summed E-state index contributed by atoms with van der Waals surface area (Å²) in [7, 11) is 0. The third-order valence-electron chi connectivity index (χ3n) is 9.59. The number of hydrogen-bond acceptors (Lipinski definition) is 0. The molecule has 0 saturated carbocycles. The van der Waals surface area contributed by atoms with Crippen LogP contribution in [0.15, 0.2) is 169 Å². The Bertz CT molecular complexity index is 1890. The van der Waals surface area contributed by atoms with Gasteiger partial charge in [-0.15, -0.1) is 0 Å². The minimum Gasteiger partial charge on any atom is -0.0991 e. The van der Waals surface area contributed by atoms with Gasteiger partial charge in [-0.05, 0) is 74.2 Å². The highest BCUT2D eigenvalue weighted by Crippen LogP contribution is 2.66.